The van der Waals surface area contributed by atoms with Gasteiger partial charge in [-0.15, -0.1) is 0 Å². The molecule has 3 amide bonds. The maximum Gasteiger partial charge on any atom is 0.264 e. The topological polar surface area (TPSA) is 98.0 Å². The lowest BCUT2D eigenvalue weighted by atomic mass is 9.98. The molecule has 9 nitrogen and oxygen atoms in total. The molecule has 0 unspecified atom stereocenters. The molecule has 3 aromatic carbocycles. The van der Waals surface area contributed by atoms with Crippen molar-refractivity contribution in [3.8, 4) is 0 Å². The molecule has 6 rings (SSSR count). The van der Waals surface area contributed by atoms with Gasteiger partial charge in [-0.05, 0) is 30.2 Å². The van der Waals surface area contributed by atoms with E-state index in [2.05, 4.69) is 15.4 Å². The molecule has 184 valence electrons. The summed E-state index contributed by atoms with van der Waals surface area (Å²) in [5, 5.41) is 15.6. The molecule has 0 saturated carbocycles. The molecule has 37 heavy (non-hydrogen) atoms. The Kier molecular flexibility index (Phi) is 5.60. The number of rotatable bonds is 5. The first-order valence-electron chi connectivity index (χ1n) is 12.1. The van der Waals surface area contributed by atoms with Crippen molar-refractivity contribution in [3.63, 3.8) is 0 Å². The summed E-state index contributed by atoms with van der Waals surface area (Å²) in [4.78, 5) is 41.1. The van der Waals surface area contributed by atoms with Crippen molar-refractivity contribution in [3.05, 3.63) is 102 Å². The Labute approximate surface area is 213 Å². The highest BCUT2D eigenvalue weighted by Gasteiger charge is 2.55. The van der Waals surface area contributed by atoms with Gasteiger partial charge in [0.15, 0.2) is 12.1 Å². The van der Waals surface area contributed by atoms with Crippen molar-refractivity contribution in [1.82, 2.24) is 10.0 Å². The van der Waals surface area contributed by atoms with E-state index in [9.17, 15) is 14.4 Å². The van der Waals surface area contributed by atoms with Crippen LogP contribution in [-0.2, 0) is 14.4 Å². The minimum Gasteiger partial charge on any atom is -0.271 e. The minimum absolute atomic E-state index is 0.222. The Bertz CT molecular complexity index is 1420. The Morgan fingerprint density at radius 3 is 2.27 bits per heavy atom. The highest BCUT2D eigenvalue weighted by atomic mass is 16.2. The zero-order valence-corrected chi connectivity index (χ0v) is 20.1. The van der Waals surface area contributed by atoms with Crippen LogP contribution >= 0.6 is 0 Å². The van der Waals surface area contributed by atoms with Gasteiger partial charge >= 0.3 is 0 Å². The molecule has 0 aromatic heterocycles. The molecular weight excluding hydrogens is 468 g/mol. The molecule has 0 radical (unpaired) electrons. The predicted octanol–water partition coefficient (Wildman–Crippen LogP) is 3.67. The van der Waals surface area contributed by atoms with Gasteiger partial charge in [0.25, 0.3) is 17.7 Å². The maximum absolute atomic E-state index is 13.6. The quantitative estimate of drug-likeness (QED) is 0.508. The van der Waals surface area contributed by atoms with Crippen LogP contribution in [0.3, 0.4) is 0 Å². The molecule has 0 aliphatic carbocycles. The van der Waals surface area contributed by atoms with Gasteiger partial charge in [-0.2, -0.15) is 10.2 Å². The highest BCUT2D eigenvalue weighted by molar-refractivity contribution is 6.25. The number of carbonyl (C=O) groups excluding carboxylic acids is 3. The second-order valence-corrected chi connectivity index (χ2v) is 9.32. The van der Waals surface area contributed by atoms with Crippen molar-refractivity contribution in [2.24, 2.45) is 15.4 Å². The third kappa shape index (κ3) is 3.98. The van der Waals surface area contributed by atoms with Crippen LogP contribution in [-0.4, -0.2) is 52.1 Å². The van der Waals surface area contributed by atoms with E-state index in [0.717, 1.165) is 27.3 Å². The van der Waals surface area contributed by atoms with Crippen LogP contribution in [0.25, 0.3) is 0 Å². The van der Waals surface area contributed by atoms with Crippen LogP contribution < -0.4 is 4.90 Å². The number of fused-ring (bicyclic) bond motifs is 1. The number of amides is 3. The summed E-state index contributed by atoms with van der Waals surface area (Å²) in [6.45, 7) is 1.71. The van der Waals surface area contributed by atoms with Crippen LogP contribution in [0.4, 0.5) is 5.69 Å². The normalized spacial score (nSPS) is 22.6. The lowest BCUT2D eigenvalue weighted by Gasteiger charge is -2.25. The number of nitrogens with zero attached hydrogens (tertiary/aromatic N) is 6. The van der Waals surface area contributed by atoms with Gasteiger partial charge in [-0.25, -0.2) is 9.91 Å². The van der Waals surface area contributed by atoms with Gasteiger partial charge in [0, 0.05) is 6.42 Å². The average Bonchev–Trinajstić information content (AvgIpc) is 3.61. The number of hydrogen-bond donors (Lipinski definition) is 0. The zero-order valence-electron chi connectivity index (χ0n) is 20.1. The van der Waals surface area contributed by atoms with Crippen LogP contribution in [0.5, 0.6) is 0 Å². The van der Waals surface area contributed by atoms with Gasteiger partial charge in [-0.3, -0.25) is 19.4 Å². The second-order valence-electron chi connectivity index (χ2n) is 9.32. The van der Waals surface area contributed by atoms with Gasteiger partial charge < -0.3 is 0 Å². The fourth-order valence-electron chi connectivity index (χ4n) is 4.99. The highest BCUT2D eigenvalue weighted by Crippen LogP contribution is 2.35. The molecule has 3 aliphatic heterocycles. The molecule has 3 atom stereocenters. The lowest BCUT2D eigenvalue weighted by Crippen LogP contribution is -2.44. The van der Waals surface area contributed by atoms with E-state index < -0.39 is 23.9 Å². The average molecular weight is 493 g/mol. The number of hydrazone groups is 1. The van der Waals surface area contributed by atoms with Crippen molar-refractivity contribution < 1.29 is 14.4 Å². The van der Waals surface area contributed by atoms with E-state index in [0.29, 0.717) is 12.1 Å². The molecule has 3 heterocycles. The fourth-order valence-corrected chi connectivity index (χ4v) is 4.99. The van der Waals surface area contributed by atoms with Crippen LogP contribution in [0.1, 0.15) is 29.2 Å². The maximum atomic E-state index is 13.6. The summed E-state index contributed by atoms with van der Waals surface area (Å²) in [5.74, 6) is -1.20. The Hall–Kier alpha value is -4.66. The Morgan fingerprint density at radius 2 is 1.57 bits per heavy atom. The third-order valence-corrected chi connectivity index (χ3v) is 6.90. The molecule has 1 saturated heterocycles. The number of benzene rings is 3. The summed E-state index contributed by atoms with van der Waals surface area (Å²) in [7, 11) is 0. The summed E-state index contributed by atoms with van der Waals surface area (Å²) in [6.07, 6.45) is 0.561. The van der Waals surface area contributed by atoms with Gasteiger partial charge in [0.2, 0.25) is 0 Å². The molecule has 0 bridgehead atoms. The molecule has 1 fully saturated rings. The van der Waals surface area contributed by atoms with E-state index in [-0.39, 0.29) is 18.5 Å². The summed E-state index contributed by atoms with van der Waals surface area (Å²) < 4.78 is 0. The first kappa shape index (κ1) is 22.8. The van der Waals surface area contributed by atoms with Gasteiger partial charge in [0.1, 0.15) is 6.54 Å². The van der Waals surface area contributed by atoms with Crippen LogP contribution in [0, 0.1) is 6.92 Å². The van der Waals surface area contributed by atoms with Crippen molar-refractivity contribution in [2.75, 3.05) is 11.4 Å². The molecule has 0 spiro atoms. The number of hydrogen-bond acceptors (Lipinski definition) is 7. The third-order valence-electron chi connectivity index (χ3n) is 6.90. The molecule has 3 aromatic rings. The van der Waals surface area contributed by atoms with Crippen molar-refractivity contribution >= 4 is 29.1 Å². The summed E-state index contributed by atoms with van der Waals surface area (Å²) >= 11 is 0. The lowest BCUT2D eigenvalue weighted by molar-refractivity contribution is -0.135. The van der Waals surface area contributed by atoms with E-state index in [1.165, 1.54) is 10.0 Å². The Balaban J connectivity index is 1.25. The first-order valence-corrected chi connectivity index (χ1v) is 12.1. The molecule has 3 aliphatic rings. The fraction of sp³-hybridized carbons (Fsp3) is 0.214. The minimum atomic E-state index is -0.964. The van der Waals surface area contributed by atoms with E-state index >= 15 is 0 Å². The van der Waals surface area contributed by atoms with Crippen molar-refractivity contribution in [2.45, 2.75) is 31.5 Å². The summed E-state index contributed by atoms with van der Waals surface area (Å²) in [6, 6.07) is 24.4. The van der Waals surface area contributed by atoms with Crippen LogP contribution in [0.2, 0.25) is 0 Å². The molecular formula is C28H24N6O3. The number of aryl methyl sites for hydroxylation is 1. The van der Waals surface area contributed by atoms with E-state index in [1.54, 1.807) is 12.1 Å². The SMILES string of the molecule is Cc1ccc(N2C(=O)[C@@H]3[C@@H](N=NN3CC(=O)N3N=C(c4ccccc4)C[C@H]3c3ccccc3)C2=O)cc1. The molecule has 0 N–H and O–H groups in total. The predicted molar refractivity (Wildman–Crippen MR) is 136 cm³/mol. The number of carbonyl (C=O) groups is 3. The van der Waals surface area contributed by atoms with Crippen molar-refractivity contribution in [1.29, 1.82) is 0 Å². The zero-order chi connectivity index (χ0) is 25.5. The molecule has 9 heteroatoms. The standard InChI is InChI=1S/C28H24N6O3/c1-18-12-14-21(15-13-18)33-27(36)25-26(28(33)37)32(31-29-25)17-24(35)34-23(20-10-6-3-7-11-20)16-22(30-34)19-8-4-2-5-9-19/h2-15,23,25-26H,16-17H2,1H3/t23-,25+,26-/m0/s1. The summed E-state index contributed by atoms with van der Waals surface area (Å²) in [5.41, 5.74) is 4.22. The Morgan fingerprint density at radius 1 is 0.892 bits per heavy atom. The largest absolute Gasteiger partial charge is 0.271 e. The number of anilines is 1. The van der Waals surface area contributed by atoms with Gasteiger partial charge in [-0.1, -0.05) is 83.6 Å². The second kappa shape index (κ2) is 9.09. The van der Waals surface area contributed by atoms with Crippen LogP contribution in [0.15, 0.2) is 100 Å². The monoisotopic (exact) mass is 492 g/mol. The number of imide groups is 1. The first-order chi connectivity index (χ1) is 18.0. The van der Waals surface area contributed by atoms with Gasteiger partial charge in [0.05, 0.1) is 17.4 Å². The smallest absolute Gasteiger partial charge is 0.264 e. The van der Waals surface area contributed by atoms with E-state index in [1.807, 2.05) is 79.7 Å². The van der Waals surface area contributed by atoms with E-state index in [4.69, 9.17) is 0 Å².